The topological polar surface area (TPSA) is 67.1 Å². The van der Waals surface area contributed by atoms with E-state index >= 15 is 0 Å². The summed E-state index contributed by atoms with van der Waals surface area (Å²) in [5.74, 6) is 2.41. The summed E-state index contributed by atoms with van der Waals surface area (Å²) in [6.45, 7) is 7.43. The maximum atomic E-state index is 4.35. The van der Waals surface area contributed by atoms with Crippen LogP contribution in [-0.4, -0.2) is 33.8 Å². The molecule has 7 heteroatoms. The van der Waals surface area contributed by atoms with Gasteiger partial charge in [-0.05, 0) is 43.0 Å². The standard InChI is InChI=1S/C19H30N6.HI/c1-15(2)7-5-8-16(3)24-19(20-4)22-14-17-9-11-21-18(13-17)25-12-6-10-23-25;/h6,9-13,15-16H,5,7-8,14H2,1-4H3,(H2,20,22,24);1H. The smallest absolute Gasteiger partial charge is 0.191 e. The monoisotopic (exact) mass is 470 g/mol. The molecule has 0 radical (unpaired) electrons. The lowest BCUT2D eigenvalue weighted by Crippen LogP contribution is -2.41. The molecule has 2 aromatic rings. The van der Waals surface area contributed by atoms with E-state index in [4.69, 9.17) is 0 Å². The molecule has 26 heavy (non-hydrogen) atoms. The molecule has 0 aliphatic heterocycles. The van der Waals surface area contributed by atoms with Gasteiger partial charge in [0, 0.05) is 38.2 Å². The molecule has 0 amide bonds. The van der Waals surface area contributed by atoms with Gasteiger partial charge >= 0.3 is 0 Å². The first-order valence-electron chi connectivity index (χ1n) is 9.00. The van der Waals surface area contributed by atoms with Crippen molar-refractivity contribution < 1.29 is 0 Å². The van der Waals surface area contributed by atoms with Crippen LogP contribution >= 0.6 is 24.0 Å². The van der Waals surface area contributed by atoms with Gasteiger partial charge < -0.3 is 10.6 Å². The van der Waals surface area contributed by atoms with Crippen LogP contribution in [-0.2, 0) is 6.54 Å². The van der Waals surface area contributed by atoms with Gasteiger partial charge in [0.2, 0.25) is 0 Å². The molecule has 2 N–H and O–H groups in total. The van der Waals surface area contributed by atoms with E-state index in [0.29, 0.717) is 12.6 Å². The summed E-state index contributed by atoms with van der Waals surface area (Å²) in [4.78, 5) is 8.67. The molecule has 0 fully saturated rings. The Kier molecular flexibility index (Phi) is 10.2. The molecule has 2 rings (SSSR count). The minimum Gasteiger partial charge on any atom is -0.354 e. The Morgan fingerprint density at radius 3 is 2.69 bits per heavy atom. The number of aromatic nitrogens is 3. The Hall–Kier alpha value is -1.64. The number of nitrogens with zero attached hydrogens (tertiary/aromatic N) is 4. The average molecular weight is 470 g/mol. The predicted molar refractivity (Wildman–Crippen MR) is 118 cm³/mol. The van der Waals surface area contributed by atoms with Gasteiger partial charge in [-0.15, -0.1) is 24.0 Å². The van der Waals surface area contributed by atoms with Gasteiger partial charge in [-0.2, -0.15) is 5.10 Å². The van der Waals surface area contributed by atoms with Crippen LogP contribution in [0.15, 0.2) is 41.8 Å². The van der Waals surface area contributed by atoms with Crippen molar-refractivity contribution in [2.75, 3.05) is 7.05 Å². The van der Waals surface area contributed by atoms with Crippen LogP contribution in [0, 0.1) is 5.92 Å². The van der Waals surface area contributed by atoms with Gasteiger partial charge in [-0.25, -0.2) is 9.67 Å². The quantitative estimate of drug-likeness (QED) is 0.350. The fraction of sp³-hybridized carbons (Fsp3) is 0.526. The molecule has 0 aliphatic rings. The van der Waals surface area contributed by atoms with Crippen LogP contribution in [0.25, 0.3) is 5.82 Å². The van der Waals surface area contributed by atoms with E-state index in [9.17, 15) is 0 Å². The highest BCUT2D eigenvalue weighted by molar-refractivity contribution is 14.0. The van der Waals surface area contributed by atoms with Crippen LogP contribution in [0.2, 0.25) is 0 Å². The third kappa shape index (κ3) is 7.72. The summed E-state index contributed by atoms with van der Waals surface area (Å²) in [5.41, 5.74) is 1.14. The van der Waals surface area contributed by atoms with Crippen molar-refractivity contribution in [3.05, 3.63) is 42.4 Å². The van der Waals surface area contributed by atoms with Gasteiger partial charge in [-0.1, -0.05) is 26.7 Å². The molecule has 0 saturated carbocycles. The van der Waals surface area contributed by atoms with Crippen LogP contribution in [0.5, 0.6) is 0 Å². The summed E-state index contributed by atoms with van der Waals surface area (Å²) in [5, 5.41) is 11.0. The van der Waals surface area contributed by atoms with Gasteiger partial charge in [0.15, 0.2) is 11.8 Å². The first kappa shape index (κ1) is 22.4. The normalized spacial score (nSPS) is 12.6. The minimum absolute atomic E-state index is 0. The summed E-state index contributed by atoms with van der Waals surface area (Å²) in [6, 6.07) is 6.32. The Balaban J connectivity index is 0.00000338. The molecule has 2 heterocycles. The average Bonchev–Trinajstić information content (AvgIpc) is 3.13. The van der Waals surface area contributed by atoms with E-state index in [1.807, 2.05) is 24.4 Å². The van der Waals surface area contributed by atoms with Crippen molar-refractivity contribution in [2.24, 2.45) is 10.9 Å². The van der Waals surface area contributed by atoms with Crippen LogP contribution in [0.4, 0.5) is 0 Å². The van der Waals surface area contributed by atoms with Gasteiger partial charge in [0.05, 0.1) is 0 Å². The maximum Gasteiger partial charge on any atom is 0.191 e. The van der Waals surface area contributed by atoms with Gasteiger partial charge in [0.1, 0.15) is 0 Å². The molecule has 1 unspecified atom stereocenters. The lowest BCUT2D eigenvalue weighted by molar-refractivity contribution is 0.491. The van der Waals surface area contributed by atoms with Crippen LogP contribution in [0.1, 0.15) is 45.6 Å². The number of guanidine groups is 1. The Bertz CT molecular complexity index is 654. The number of aliphatic imine (C=N–C) groups is 1. The van der Waals surface area contributed by atoms with Crippen molar-refractivity contribution in [1.82, 2.24) is 25.4 Å². The van der Waals surface area contributed by atoms with Crippen LogP contribution in [0.3, 0.4) is 0 Å². The molecule has 2 aromatic heterocycles. The zero-order valence-corrected chi connectivity index (χ0v) is 18.5. The molecule has 1 atom stereocenters. The van der Waals surface area contributed by atoms with Gasteiger partial charge in [0.25, 0.3) is 0 Å². The summed E-state index contributed by atoms with van der Waals surface area (Å²) >= 11 is 0. The minimum atomic E-state index is 0. The predicted octanol–water partition coefficient (Wildman–Crippen LogP) is 3.77. The van der Waals surface area contributed by atoms with Gasteiger partial charge in [-0.3, -0.25) is 4.99 Å². The van der Waals surface area contributed by atoms with Crippen molar-refractivity contribution in [1.29, 1.82) is 0 Å². The van der Waals surface area contributed by atoms with E-state index < -0.39 is 0 Å². The highest BCUT2D eigenvalue weighted by Crippen LogP contribution is 2.08. The fourth-order valence-corrected chi connectivity index (χ4v) is 2.62. The van der Waals surface area contributed by atoms with E-state index in [1.165, 1.54) is 12.8 Å². The van der Waals surface area contributed by atoms with E-state index in [0.717, 1.165) is 29.7 Å². The number of hydrogen-bond acceptors (Lipinski definition) is 3. The Morgan fingerprint density at radius 1 is 1.23 bits per heavy atom. The van der Waals surface area contributed by atoms with E-state index in [2.05, 4.69) is 46.5 Å². The van der Waals surface area contributed by atoms with Crippen LogP contribution < -0.4 is 10.6 Å². The highest BCUT2D eigenvalue weighted by atomic mass is 127. The third-order valence-electron chi connectivity index (χ3n) is 4.03. The first-order chi connectivity index (χ1) is 12.1. The van der Waals surface area contributed by atoms with Crippen molar-refractivity contribution in [2.45, 2.75) is 52.6 Å². The van der Waals surface area contributed by atoms with Crippen molar-refractivity contribution >= 4 is 29.9 Å². The molecule has 0 spiro atoms. The fourth-order valence-electron chi connectivity index (χ4n) is 2.62. The molecular formula is C19H31IN6. The molecule has 0 aromatic carbocycles. The van der Waals surface area contributed by atoms with Crippen molar-refractivity contribution in [3.63, 3.8) is 0 Å². The highest BCUT2D eigenvalue weighted by Gasteiger charge is 2.06. The largest absolute Gasteiger partial charge is 0.354 e. The molecular weight excluding hydrogens is 439 g/mol. The first-order valence-corrected chi connectivity index (χ1v) is 9.00. The third-order valence-corrected chi connectivity index (χ3v) is 4.03. The second kappa shape index (κ2) is 11.9. The Labute approximate surface area is 173 Å². The summed E-state index contributed by atoms with van der Waals surface area (Å²) in [7, 11) is 1.80. The van der Waals surface area contributed by atoms with E-state index in [-0.39, 0.29) is 24.0 Å². The number of nitrogens with one attached hydrogen (secondary N) is 2. The second-order valence-corrected chi connectivity index (χ2v) is 6.77. The molecule has 144 valence electrons. The number of halogens is 1. The van der Waals surface area contributed by atoms with E-state index in [1.54, 1.807) is 24.1 Å². The van der Waals surface area contributed by atoms with Crippen molar-refractivity contribution in [3.8, 4) is 5.82 Å². The number of rotatable bonds is 8. The number of pyridine rings is 1. The molecule has 6 nitrogen and oxygen atoms in total. The molecule has 0 aliphatic carbocycles. The lowest BCUT2D eigenvalue weighted by Gasteiger charge is -2.18. The zero-order valence-electron chi connectivity index (χ0n) is 16.1. The molecule has 0 bridgehead atoms. The lowest BCUT2D eigenvalue weighted by atomic mass is 10.0. The summed E-state index contributed by atoms with van der Waals surface area (Å²) < 4.78 is 1.76. The molecule has 0 saturated heterocycles. The summed E-state index contributed by atoms with van der Waals surface area (Å²) in [6.07, 6.45) is 9.10. The Morgan fingerprint density at radius 2 is 2.04 bits per heavy atom. The second-order valence-electron chi connectivity index (χ2n) is 6.77. The maximum absolute atomic E-state index is 4.35. The zero-order chi connectivity index (χ0) is 18.1. The SMILES string of the molecule is CN=C(NCc1ccnc(-n2cccn2)c1)NC(C)CCCC(C)C.I. The number of hydrogen-bond donors (Lipinski definition) is 2.